The molecule has 0 spiro atoms. The van der Waals surface area contributed by atoms with Crippen LogP contribution in [0.5, 0.6) is 17.4 Å². The highest BCUT2D eigenvalue weighted by Gasteiger charge is 2.11. The van der Waals surface area contributed by atoms with Crippen LogP contribution in [0.3, 0.4) is 0 Å². The van der Waals surface area contributed by atoms with Gasteiger partial charge in [-0.25, -0.2) is 4.98 Å². The van der Waals surface area contributed by atoms with E-state index in [9.17, 15) is 4.79 Å². The Morgan fingerprint density at radius 1 is 1.10 bits per heavy atom. The van der Waals surface area contributed by atoms with E-state index in [4.69, 9.17) is 14.2 Å². The second-order valence-electron chi connectivity index (χ2n) is 5.91. The molecule has 0 aliphatic carbocycles. The van der Waals surface area contributed by atoms with Crippen molar-refractivity contribution in [2.45, 2.75) is 13.3 Å². The summed E-state index contributed by atoms with van der Waals surface area (Å²) in [6.45, 7) is 2.80. The maximum Gasteiger partial charge on any atom is 0.271 e. The van der Waals surface area contributed by atoms with Crippen LogP contribution in [0.4, 0.5) is 0 Å². The van der Waals surface area contributed by atoms with Crippen LogP contribution in [0.25, 0.3) is 10.6 Å². The van der Waals surface area contributed by atoms with Gasteiger partial charge in [0.25, 0.3) is 5.91 Å². The standard InChI is InChI=1S/C20H22N4O4S/c1-4-28-18-8-6-15(23-24-18)19(25)21-10-9-14-12-29-20(22-14)13-5-7-16(26-2)17(11-13)27-3/h5-8,11-12H,4,9-10H2,1-3H3,(H,21,25). The summed E-state index contributed by atoms with van der Waals surface area (Å²) in [4.78, 5) is 16.8. The Kier molecular flexibility index (Phi) is 6.96. The van der Waals surface area contributed by atoms with E-state index in [2.05, 4.69) is 20.5 Å². The summed E-state index contributed by atoms with van der Waals surface area (Å²) in [6, 6.07) is 8.91. The molecule has 0 aliphatic heterocycles. The highest BCUT2D eigenvalue weighted by molar-refractivity contribution is 7.13. The van der Waals surface area contributed by atoms with Crippen molar-refractivity contribution in [2.24, 2.45) is 0 Å². The van der Waals surface area contributed by atoms with E-state index in [-0.39, 0.29) is 11.6 Å². The molecule has 9 heteroatoms. The summed E-state index contributed by atoms with van der Waals surface area (Å²) in [5, 5.41) is 13.4. The fourth-order valence-corrected chi connectivity index (χ4v) is 3.44. The molecule has 0 fully saturated rings. The predicted octanol–water partition coefficient (Wildman–Crippen LogP) is 2.99. The second-order valence-corrected chi connectivity index (χ2v) is 6.77. The number of carbonyl (C=O) groups is 1. The van der Waals surface area contributed by atoms with E-state index >= 15 is 0 Å². The zero-order valence-electron chi connectivity index (χ0n) is 16.5. The number of rotatable bonds is 9. The Morgan fingerprint density at radius 2 is 1.93 bits per heavy atom. The molecule has 0 radical (unpaired) electrons. The predicted molar refractivity (Wildman–Crippen MR) is 110 cm³/mol. The number of nitrogens with one attached hydrogen (secondary N) is 1. The molecule has 152 valence electrons. The second kappa shape index (κ2) is 9.83. The molecule has 0 aliphatic rings. The third-order valence-corrected chi connectivity index (χ3v) is 4.95. The number of benzene rings is 1. The Bertz CT molecular complexity index is 959. The van der Waals surface area contributed by atoms with Gasteiger partial charge < -0.3 is 19.5 Å². The molecule has 1 N–H and O–H groups in total. The lowest BCUT2D eigenvalue weighted by Crippen LogP contribution is -2.26. The fraction of sp³-hybridized carbons (Fsp3) is 0.300. The van der Waals surface area contributed by atoms with Crippen molar-refractivity contribution in [3.05, 3.63) is 47.1 Å². The number of methoxy groups -OCH3 is 2. The van der Waals surface area contributed by atoms with E-state index in [1.54, 1.807) is 37.7 Å². The van der Waals surface area contributed by atoms with Gasteiger partial charge in [-0.05, 0) is 31.2 Å². The van der Waals surface area contributed by atoms with E-state index in [1.807, 2.05) is 30.5 Å². The third-order valence-electron chi connectivity index (χ3n) is 4.01. The molecule has 29 heavy (non-hydrogen) atoms. The maximum atomic E-state index is 12.2. The highest BCUT2D eigenvalue weighted by atomic mass is 32.1. The van der Waals surface area contributed by atoms with E-state index in [1.165, 1.54) is 0 Å². The Morgan fingerprint density at radius 3 is 2.62 bits per heavy atom. The van der Waals surface area contributed by atoms with E-state index in [0.29, 0.717) is 37.0 Å². The molecule has 0 unspecified atom stereocenters. The lowest BCUT2D eigenvalue weighted by atomic mass is 10.2. The van der Waals surface area contributed by atoms with Crippen LogP contribution in [0.2, 0.25) is 0 Å². The maximum absolute atomic E-state index is 12.2. The molecule has 1 amide bonds. The molecule has 8 nitrogen and oxygen atoms in total. The highest BCUT2D eigenvalue weighted by Crippen LogP contribution is 2.33. The molecule has 1 aromatic carbocycles. The monoisotopic (exact) mass is 414 g/mol. The van der Waals surface area contributed by atoms with Crippen LogP contribution >= 0.6 is 11.3 Å². The average molecular weight is 414 g/mol. The van der Waals surface area contributed by atoms with Gasteiger partial charge in [0, 0.05) is 30.0 Å². The van der Waals surface area contributed by atoms with Crippen molar-refractivity contribution >= 4 is 17.2 Å². The van der Waals surface area contributed by atoms with Crippen molar-refractivity contribution in [3.8, 4) is 28.0 Å². The Hall–Kier alpha value is -3.20. The summed E-state index contributed by atoms with van der Waals surface area (Å²) in [5.74, 6) is 1.45. The van der Waals surface area contributed by atoms with Gasteiger partial charge in [-0.15, -0.1) is 21.5 Å². The molecular weight excluding hydrogens is 392 g/mol. The van der Waals surface area contributed by atoms with Gasteiger partial charge in [0.05, 0.1) is 26.5 Å². The number of amides is 1. The Balaban J connectivity index is 1.56. The zero-order chi connectivity index (χ0) is 20.6. The summed E-state index contributed by atoms with van der Waals surface area (Å²) < 4.78 is 15.8. The first kappa shape index (κ1) is 20.5. The van der Waals surface area contributed by atoms with Gasteiger partial charge in [0.1, 0.15) is 5.01 Å². The van der Waals surface area contributed by atoms with Crippen molar-refractivity contribution < 1.29 is 19.0 Å². The summed E-state index contributed by atoms with van der Waals surface area (Å²) in [7, 11) is 3.21. The fourth-order valence-electron chi connectivity index (χ4n) is 2.58. The molecule has 3 rings (SSSR count). The van der Waals surface area contributed by atoms with E-state index in [0.717, 1.165) is 16.3 Å². The van der Waals surface area contributed by atoms with Gasteiger partial charge in [0.2, 0.25) is 5.88 Å². The summed E-state index contributed by atoms with van der Waals surface area (Å²) >= 11 is 1.54. The number of aromatic nitrogens is 3. The first-order chi connectivity index (χ1) is 14.1. The third kappa shape index (κ3) is 5.20. The van der Waals surface area contributed by atoms with Crippen molar-refractivity contribution in [1.82, 2.24) is 20.5 Å². The SMILES string of the molecule is CCOc1ccc(C(=O)NCCc2csc(-c3ccc(OC)c(OC)c3)n2)nn1. The zero-order valence-corrected chi connectivity index (χ0v) is 17.3. The molecular formula is C20H22N4O4S. The molecule has 0 saturated carbocycles. The molecule has 3 aromatic rings. The number of carbonyl (C=O) groups excluding carboxylic acids is 1. The smallest absolute Gasteiger partial charge is 0.271 e. The number of thiazole rings is 1. The number of hydrogen-bond acceptors (Lipinski definition) is 8. The van der Waals surface area contributed by atoms with Gasteiger partial charge in [-0.3, -0.25) is 4.79 Å². The normalized spacial score (nSPS) is 10.4. The van der Waals surface area contributed by atoms with Gasteiger partial charge in [-0.2, -0.15) is 0 Å². The largest absolute Gasteiger partial charge is 0.493 e. The molecule has 2 heterocycles. The topological polar surface area (TPSA) is 95.5 Å². The van der Waals surface area contributed by atoms with Gasteiger partial charge >= 0.3 is 0 Å². The van der Waals surface area contributed by atoms with Gasteiger partial charge in [0.15, 0.2) is 17.2 Å². The van der Waals surface area contributed by atoms with Crippen LogP contribution in [-0.2, 0) is 6.42 Å². The number of nitrogens with zero attached hydrogens (tertiary/aromatic N) is 3. The summed E-state index contributed by atoms with van der Waals surface area (Å²) in [6.07, 6.45) is 0.611. The summed E-state index contributed by atoms with van der Waals surface area (Å²) in [5.41, 5.74) is 2.10. The van der Waals surface area contributed by atoms with Crippen LogP contribution in [-0.4, -0.2) is 48.5 Å². The minimum absolute atomic E-state index is 0.248. The number of ether oxygens (including phenoxy) is 3. The van der Waals surface area contributed by atoms with Crippen LogP contribution in [0, 0.1) is 0 Å². The molecule has 2 aromatic heterocycles. The quantitative estimate of drug-likeness (QED) is 0.575. The minimum atomic E-state index is -0.282. The van der Waals surface area contributed by atoms with E-state index < -0.39 is 0 Å². The minimum Gasteiger partial charge on any atom is -0.493 e. The van der Waals surface area contributed by atoms with Gasteiger partial charge in [-0.1, -0.05) is 0 Å². The molecule has 0 atom stereocenters. The molecule has 0 bridgehead atoms. The van der Waals surface area contributed by atoms with Crippen molar-refractivity contribution in [2.75, 3.05) is 27.4 Å². The van der Waals surface area contributed by atoms with Crippen molar-refractivity contribution in [3.63, 3.8) is 0 Å². The van der Waals surface area contributed by atoms with Crippen LogP contribution < -0.4 is 19.5 Å². The number of hydrogen-bond donors (Lipinski definition) is 1. The first-order valence-electron chi connectivity index (χ1n) is 9.06. The Labute approximate surface area is 172 Å². The van der Waals surface area contributed by atoms with Crippen LogP contribution in [0.15, 0.2) is 35.7 Å². The lowest BCUT2D eigenvalue weighted by molar-refractivity contribution is 0.0948. The first-order valence-corrected chi connectivity index (χ1v) is 9.94. The van der Waals surface area contributed by atoms with Crippen molar-refractivity contribution in [1.29, 1.82) is 0 Å². The average Bonchev–Trinajstić information content (AvgIpc) is 3.23. The lowest BCUT2D eigenvalue weighted by Gasteiger charge is -2.08. The van der Waals surface area contributed by atoms with Crippen LogP contribution in [0.1, 0.15) is 23.1 Å². The molecule has 0 saturated heterocycles.